The number of carbonyl (C=O) groups excluding carboxylic acids is 2. The van der Waals surface area contributed by atoms with E-state index >= 15 is 0 Å². The number of β-amino-alcohol motifs (C(OH)–C–C–N with tert-alkyl or cyclic N) is 1. The molecule has 1 saturated heterocycles. The van der Waals surface area contributed by atoms with E-state index in [0.717, 1.165) is 44.2 Å². The molecule has 2 amide bonds. The van der Waals surface area contributed by atoms with Crippen molar-refractivity contribution in [3.05, 3.63) is 35.9 Å². The second-order valence-corrected chi connectivity index (χ2v) is 11.2. The van der Waals surface area contributed by atoms with Crippen molar-refractivity contribution in [3.63, 3.8) is 0 Å². The number of carbonyl (C=O) groups is 2. The number of piperidine rings is 1. The number of nitrogens with one attached hydrogen (secondary N) is 2. The molecule has 1 aliphatic carbocycles. The number of aliphatic hydroxyl groups excluding tert-OH is 1. The van der Waals surface area contributed by atoms with E-state index < -0.39 is 18.2 Å². The Morgan fingerprint density at radius 2 is 1.92 bits per heavy atom. The van der Waals surface area contributed by atoms with Gasteiger partial charge in [-0.1, -0.05) is 82.1 Å². The fourth-order valence-corrected chi connectivity index (χ4v) is 6.05. The number of amides is 2. The topological polar surface area (TPSA) is 90.9 Å². The Morgan fingerprint density at radius 3 is 2.65 bits per heavy atom. The average Bonchev–Trinajstić information content (AvgIpc) is 2.89. The van der Waals surface area contributed by atoms with Crippen molar-refractivity contribution in [1.29, 1.82) is 0 Å². The van der Waals surface area contributed by atoms with E-state index in [1.54, 1.807) is 0 Å². The molecular weight excluding hydrogens is 465 g/mol. The van der Waals surface area contributed by atoms with Crippen molar-refractivity contribution in [2.75, 3.05) is 26.2 Å². The summed E-state index contributed by atoms with van der Waals surface area (Å²) in [4.78, 5) is 28.0. The maximum absolute atomic E-state index is 13.3. The second kappa shape index (κ2) is 15.4. The molecule has 2 fully saturated rings. The summed E-state index contributed by atoms with van der Waals surface area (Å²) in [6.45, 7) is 6.38. The van der Waals surface area contributed by atoms with E-state index in [-0.39, 0.29) is 11.9 Å². The average molecular weight is 514 g/mol. The summed E-state index contributed by atoms with van der Waals surface area (Å²) >= 11 is 0. The molecule has 8 heteroatoms. The predicted octanol–water partition coefficient (Wildman–Crippen LogP) is 3.31. The zero-order valence-corrected chi connectivity index (χ0v) is 23.2. The molecule has 0 bridgehead atoms. The first-order valence-electron chi connectivity index (χ1n) is 14.6. The third-order valence-electron chi connectivity index (χ3n) is 8.33. The number of hydrogen-bond acceptors (Lipinski definition) is 5. The van der Waals surface area contributed by atoms with Gasteiger partial charge in [0.1, 0.15) is 7.85 Å². The zero-order valence-electron chi connectivity index (χ0n) is 23.2. The van der Waals surface area contributed by atoms with Crippen molar-refractivity contribution in [2.45, 2.75) is 95.6 Å². The van der Waals surface area contributed by atoms with E-state index in [1.165, 1.54) is 19.3 Å². The highest BCUT2D eigenvalue weighted by atomic mass is 16.5. The van der Waals surface area contributed by atoms with Crippen molar-refractivity contribution in [2.24, 2.45) is 11.8 Å². The van der Waals surface area contributed by atoms with Gasteiger partial charge in [0.15, 0.2) is 0 Å². The fourth-order valence-electron chi connectivity index (χ4n) is 6.05. The number of hydrogen-bond donors (Lipinski definition) is 3. The first-order valence-corrected chi connectivity index (χ1v) is 14.6. The number of ether oxygens (including phenoxy) is 1. The highest BCUT2D eigenvalue weighted by molar-refractivity contribution is 6.11. The van der Waals surface area contributed by atoms with Crippen molar-refractivity contribution in [3.8, 4) is 0 Å². The summed E-state index contributed by atoms with van der Waals surface area (Å²) < 4.78 is 5.35. The van der Waals surface area contributed by atoms with Gasteiger partial charge in [-0.25, -0.2) is 4.79 Å². The molecule has 1 heterocycles. The number of unbranched alkanes of at least 4 members (excludes halogenated alkanes) is 2. The molecule has 3 rings (SSSR count). The van der Waals surface area contributed by atoms with E-state index in [1.807, 2.05) is 37.3 Å². The van der Waals surface area contributed by atoms with Gasteiger partial charge in [0.05, 0.1) is 24.8 Å². The fraction of sp³-hybridized carbons (Fsp3) is 0.724. The summed E-state index contributed by atoms with van der Waals surface area (Å²) in [6, 6.07) is 9.13. The maximum atomic E-state index is 13.3. The van der Waals surface area contributed by atoms with Crippen LogP contribution in [0.5, 0.6) is 0 Å². The van der Waals surface area contributed by atoms with Gasteiger partial charge < -0.3 is 20.5 Å². The third-order valence-corrected chi connectivity index (χ3v) is 8.33. The Bertz CT molecular complexity index is 827. The molecule has 3 N–H and O–H groups in total. The predicted molar refractivity (Wildman–Crippen MR) is 150 cm³/mol. The standard InChI is InChI=1S/C29H48BN3O4/c1-3-5-15-31-28(35)26-18-22-13-10-14-24(30)23(22)19-33(26)20-27(34)25(17-21-11-8-7-9-12-21)32-29(36)37-16-6-4-2/h7-9,11-12,22-27,34H,3-6,10,13-20,30H2,1-2H3,(H,31,35)(H,32,36)/t22-,23+,24?,25-,26-,27+/m0/s1. The lowest BCUT2D eigenvalue weighted by Crippen LogP contribution is -2.59. The lowest BCUT2D eigenvalue weighted by atomic mass is 9.60. The van der Waals surface area contributed by atoms with Crippen LogP contribution >= 0.6 is 0 Å². The van der Waals surface area contributed by atoms with Gasteiger partial charge in [0, 0.05) is 19.6 Å². The normalized spacial score (nSPS) is 25.5. The molecule has 1 aliphatic heterocycles. The van der Waals surface area contributed by atoms with Gasteiger partial charge in [-0.05, 0) is 43.1 Å². The number of alkyl carbamates (subject to hydrolysis) is 1. The molecular formula is C29H48BN3O4. The Labute approximate surface area is 224 Å². The van der Waals surface area contributed by atoms with Gasteiger partial charge in [-0.15, -0.1) is 0 Å². The molecule has 0 radical (unpaired) electrons. The lowest BCUT2D eigenvalue weighted by molar-refractivity contribution is -0.131. The van der Waals surface area contributed by atoms with Gasteiger partial charge in [-0.2, -0.15) is 0 Å². The van der Waals surface area contributed by atoms with Crippen LogP contribution in [-0.2, 0) is 16.0 Å². The van der Waals surface area contributed by atoms with Crippen molar-refractivity contribution in [1.82, 2.24) is 15.5 Å². The van der Waals surface area contributed by atoms with Gasteiger partial charge in [0.25, 0.3) is 0 Å². The molecule has 37 heavy (non-hydrogen) atoms. The second-order valence-electron chi connectivity index (χ2n) is 11.2. The number of fused-ring (bicyclic) bond motifs is 1. The zero-order chi connectivity index (χ0) is 26.6. The largest absolute Gasteiger partial charge is 0.450 e. The molecule has 1 saturated carbocycles. The van der Waals surface area contributed by atoms with Crippen molar-refractivity contribution >= 4 is 19.8 Å². The van der Waals surface area contributed by atoms with E-state index in [9.17, 15) is 14.7 Å². The quantitative estimate of drug-likeness (QED) is 0.278. The van der Waals surface area contributed by atoms with Gasteiger partial charge in [-0.3, -0.25) is 9.69 Å². The third kappa shape index (κ3) is 9.03. The molecule has 2 aliphatic rings. The van der Waals surface area contributed by atoms with Crippen LogP contribution in [0.1, 0.15) is 70.8 Å². The Kier molecular flexibility index (Phi) is 12.3. The van der Waals surface area contributed by atoms with Crippen LogP contribution in [0.2, 0.25) is 5.82 Å². The van der Waals surface area contributed by atoms with E-state index in [0.29, 0.717) is 43.8 Å². The SMILES string of the molecule is BC1CCC[C@H]2C[C@@H](C(=O)NCCCC)N(C[C@@H](O)[C@H](Cc3ccccc3)NC(=O)OCCCC)C[C@@H]12. The molecule has 1 aromatic carbocycles. The number of benzene rings is 1. The van der Waals surface area contributed by atoms with Crippen LogP contribution in [0.25, 0.3) is 0 Å². The molecule has 0 spiro atoms. The molecule has 0 aromatic heterocycles. The molecule has 6 atom stereocenters. The van der Waals surface area contributed by atoms with E-state index in [2.05, 4.69) is 30.3 Å². The summed E-state index contributed by atoms with van der Waals surface area (Å²) in [7, 11) is 2.33. The molecule has 1 unspecified atom stereocenters. The smallest absolute Gasteiger partial charge is 0.407 e. The van der Waals surface area contributed by atoms with Crippen LogP contribution in [0.4, 0.5) is 4.79 Å². The van der Waals surface area contributed by atoms with Crippen molar-refractivity contribution < 1.29 is 19.4 Å². The minimum atomic E-state index is -0.833. The summed E-state index contributed by atoms with van der Waals surface area (Å²) in [5.41, 5.74) is 1.04. The van der Waals surface area contributed by atoms with Crippen LogP contribution in [0, 0.1) is 11.8 Å². The van der Waals surface area contributed by atoms with Crippen LogP contribution < -0.4 is 10.6 Å². The summed E-state index contributed by atoms with van der Waals surface area (Å²) in [6.07, 6.45) is 7.41. The minimum Gasteiger partial charge on any atom is -0.450 e. The number of aliphatic hydroxyl groups is 1. The van der Waals surface area contributed by atoms with E-state index in [4.69, 9.17) is 4.74 Å². The van der Waals surface area contributed by atoms with Crippen LogP contribution in [0.15, 0.2) is 30.3 Å². The van der Waals surface area contributed by atoms with Crippen LogP contribution in [-0.4, -0.2) is 74.3 Å². The van der Waals surface area contributed by atoms with Gasteiger partial charge >= 0.3 is 6.09 Å². The first-order chi connectivity index (χ1) is 17.9. The highest BCUT2D eigenvalue weighted by Gasteiger charge is 2.43. The first kappa shape index (κ1) is 29.5. The monoisotopic (exact) mass is 513 g/mol. The number of rotatable bonds is 13. The number of likely N-dealkylation sites (tertiary alicyclic amines) is 1. The van der Waals surface area contributed by atoms with Gasteiger partial charge in [0.2, 0.25) is 5.91 Å². The lowest BCUT2D eigenvalue weighted by Gasteiger charge is -2.48. The highest BCUT2D eigenvalue weighted by Crippen LogP contribution is 2.43. The Hall–Kier alpha value is -2.06. The summed E-state index contributed by atoms with van der Waals surface area (Å²) in [5, 5.41) is 17.5. The Balaban J connectivity index is 1.73. The molecule has 7 nitrogen and oxygen atoms in total. The minimum absolute atomic E-state index is 0.0730. The Morgan fingerprint density at radius 1 is 1.16 bits per heavy atom. The molecule has 1 aromatic rings. The van der Waals surface area contributed by atoms with Crippen LogP contribution in [0.3, 0.4) is 0 Å². The summed E-state index contributed by atoms with van der Waals surface area (Å²) in [5.74, 6) is 1.80. The maximum Gasteiger partial charge on any atom is 0.407 e. The number of nitrogens with zero attached hydrogens (tertiary/aromatic N) is 1. The molecule has 206 valence electrons.